The zero-order valence-corrected chi connectivity index (χ0v) is 23.1. The van der Waals surface area contributed by atoms with Crippen molar-refractivity contribution in [1.82, 2.24) is 0 Å². The number of ether oxygens (including phenoxy) is 1. The Morgan fingerprint density at radius 2 is 1.80 bits per heavy atom. The standard InChI is InChI=1S/C31H46O4/c1-19(2)24-18-25(32)21(4)23(30(24,7)17-15-28(34)35-9)12-11-22-20(3)10-13-26-29(5,6)27(33)14-16-31(22,26)8/h22,24,26H,1,3,10-18H2,2,4-9H3/t22-,24-,26-,30+,31+/m0/s1. The molecule has 2 fully saturated rings. The molecule has 5 atom stereocenters. The van der Waals surface area contributed by atoms with Gasteiger partial charge in [0.2, 0.25) is 0 Å². The summed E-state index contributed by atoms with van der Waals surface area (Å²) in [4.78, 5) is 38.0. The summed E-state index contributed by atoms with van der Waals surface area (Å²) in [7, 11) is 1.43. The van der Waals surface area contributed by atoms with Gasteiger partial charge in [0, 0.05) is 24.7 Å². The Balaban J connectivity index is 1.95. The first-order chi connectivity index (χ1) is 16.2. The first-order valence-corrected chi connectivity index (χ1v) is 13.4. The summed E-state index contributed by atoms with van der Waals surface area (Å²) < 4.78 is 4.95. The summed E-state index contributed by atoms with van der Waals surface area (Å²) in [6, 6.07) is 0. The number of ketones is 2. The van der Waals surface area contributed by atoms with Crippen LogP contribution >= 0.6 is 0 Å². The van der Waals surface area contributed by atoms with Gasteiger partial charge >= 0.3 is 5.97 Å². The molecule has 3 rings (SSSR count). The van der Waals surface area contributed by atoms with Gasteiger partial charge in [-0.25, -0.2) is 0 Å². The molecule has 0 aromatic carbocycles. The second-order valence-electron chi connectivity index (χ2n) is 12.6. The van der Waals surface area contributed by atoms with Crippen molar-refractivity contribution in [2.75, 3.05) is 7.11 Å². The van der Waals surface area contributed by atoms with Crippen molar-refractivity contribution in [3.8, 4) is 0 Å². The second-order valence-corrected chi connectivity index (χ2v) is 12.6. The van der Waals surface area contributed by atoms with Crippen LogP contribution in [0.25, 0.3) is 0 Å². The topological polar surface area (TPSA) is 60.4 Å². The van der Waals surface area contributed by atoms with Crippen molar-refractivity contribution in [2.45, 2.75) is 99.3 Å². The molecule has 0 aromatic rings. The minimum Gasteiger partial charge on any atom is -0.469 e. The number of esters is 1. The second kappa shape index (κ2) is 9.82. The van der Waals surface area contributed by atoms with Crippen molar-refractivity contribution in [3.05, 3.63) is 35.5 Å². The Hall–Kier alpha value is -1.97. The molecule has 0 unspecified atom stereocenters. The molecule has 0 saturated heterocycles. The summed E-state index contributed by atoms with van der Waals surface area (Å²) in [6.07, 6.45) is 6.69. The van der Waals surface area contributed by atoms with Crippen molar-refractivity contribution in [3.63, 3.8) is 0 Å². The van der Waals surface area contributed by atoms with E-state index in [1.165, 1.54) is 18.3 Å². The molecule has 35 heavy (non-hydrogen) atoms. The molecule has 0 radical (unpaired) electrons. The minimum absolute atomic E-state index is 0.0162. The van der Waals surface area contributed by atoms with Crippen molar-refractivity contribution in [2.24, 2.45) is 34.0 Å². The molecule has 0 spiro atoms. The van der Waals surface area contributed by atoms with E-state index in [9.17, 15) is 14.4 Å². The van der Waals surface area contributed by atoms with Crippen LogP contribution in [0.4, 0.5) is 0 Å². The molecule has 0 aliphatic heterocycles. The van der Waals surface area contributed by atoms with E-state index in [0.717, 1.165) is 43.3 Å². The van der Waals surface area contributed by atoms with Crippen LogP contribution in [0.2, 0.25) is 0 Å². The largest absolute Gasteiger partial charge is 0.469 e. The summed E-state index contributed by atoms with van der Waals surface area (Å²) in [6.45, 7) is 21.6. The lowest BCUT2D eigenvalue weighted by Crippen LogP contribution is -2.53. The number of fused-ring (bicyclic) bond motifs is 1. The highest BCUT2D eigenvalue weighted by Gasteiger charge is 2.56. The van der Waals surface area contributed by atoms with Gasteiger partial charge in [0.15, 0.2) is 5.78 Å². The van der Waals surface area contributed by atoms with Gasteiger partial charge < -0.3 is 4.74 Å². The molecular weight excluding hydrogens is 436 g/mol. The van der Waals surface area contributed by atoms with Gasteiger partial charge in [-0.15, -0.1) is 0 Å². The lowest BCUT2D eigenvalue weighted by molar-refractivity contribution is -0.145. The van der Waals surface area contributed by atoms with Crippen LogP contribution in [-0.4, -0.2) is 24.6 Å². The number of methoxy groups -OCH3 is 1. The fourth-order valence-electron chi connectivity index (χ4n) is 8.15. The third-order valence-electron chi connectivity index (χ3n) is 10.4. The summed E-state index contributed by atoms with van der Waals surface area (Å²) >= 11 is 0. The number of Topliss-reactive ketones (excluding diaryl/α,β-unsaturated/α-hetero) is 2. The molecule has 0 N–H and O–H groups in total. The van der Waals surface area contributed by atoms with Crippen molar-refractivity contribution >= 4 is 17.5 Å². The van der Waals surface area contributed by atoms with Gasteiger partial charge in [-0.1, -0.05) is 57.6 Å². The maximum atomic E-state index is 13.1. The van der Waals surface area contributed by atoms with Crippen molar-refractivity contribution < 1.29 is 19.1 Å². The van der Waals surface area contributed by atoms with E-state index in [-0.39, 0.29) is 33.9 Å². The van der Waals surface area contributed by atoms with Gasteiger partial charge in [0.05, 0.1) is 7.11 Å². The molecule has 194 valence electrons. The number of hydrogen-bond donors (Lipinski definition) is 0. The van der Waals surface area contributed by atoms with Gasteiger partial charge in [-0.05, 0) is 86.5 Å². The molecule has 4 heteroatoms. The molecule has 0 bridgehead atoms. The van der Waals surface area contributed by atoms with Gasteiger partial charge in [0.25, 0.3) is 0 Å². The van der Waals surface area contributed by atoms with E-state index >= 15 is 0 Å². The normalized spacial score (nSPS) is 35.1. The zero-order chi connectivity index (χ0) is 26.3. The van der Waals surface area contributed by atoms with Crippen LogP contribution in [0.1, 0.15) is 99.3 Å². The smallest absolute Gasteiger partial charge is 0.305 e. The maximum absolute atomic E-state index is 13.1. The average Bonchev–Trinajstić information content (AvgIpc) is 2.78. The van der Waals surface area contributed by atoms with Crippen molar-refractivity contribution in [1.29, 1.82) is 0 Å². The average molecular weight is 483 g/mol. The van der Waals surface area contributed by atoms with Crippen LogP contribution in [-0.2, 0) is 19.1 Å². The van der Waals surface area contributed by atoms with E-state index in [0.29, 0.717) is 43.3 Å². The third-order valence-corrected chi connectivity index (χ3v) is 10.4. The fraction of sp³-hybridized carbons (Fsp3) is 0.710. The Morgan fingerprint density at radius 3 is 2.40 bits per heavy atom. The highest BCUT2D eigenvalue weighted by Crippen LogP contribution is 2.61. The summed E-state index contributed by atoms with van der Waals surface area (Å²) in [5.41, 5.74) is 3.75. The Bertz CT molecular complexity index is 966. The third kappa shape index (κ3) is 4.74. The minimum atomic E-state index is -0.309. The zero-order valence-electron chi connectivity index (χ0n) is 23.1. The lowest BCUT2D eigenvalue weighted by Gasteiger charge is -2.57. The van der Waals surface area contributed by atoms with Gasteiger partial charge in [-0.2, -0.15) is 0 Å². The van der Waals surface area contributed by atoms with E-state index in [4.69, 9.17) is 4.74 Å². The first kappa shape index (κ1) is 27.6. The summed E-state index contributed by atoms with van der Waals surface area (Å²) in [5, 5.41) is 0. The van der Waals surface area contributed by atoms with Crippen LogP contribution in [0, 0.1) is 34.0 Å². The number of carbonyl (C=O) groups is 3. The molecule has 4 nitrogen and oxygen atoms in total. The summed E-state index contributed by atoms with van der Waals surface area (Å²) in [5.74, 6) is 1.05. The van der Waals surface area contributed by atoms with E-state index in [2.05, 4.69) is 40.9 Å². The molecule has 0 amide bonds. The number of allylic oxidation sites excluding steroid dienone is 4. The van der Waals surface area contributed by atoms with Crippen LogP contribution in [0.15, 0.2) is 35.5 Å². The molecule has 2 saturated carbocycles. The Labute approximate surface area is 212 Å². The predicted molar refractivity (Wildman–Crippen MR) is 141 cm³/mol. The SMILES string of the molecule is C=C1CC[C@H]2C(C)(C)C(=O)CC[C@]2(C)[C@H]1CCC1=C(C)C(=O)C[C@@H](C(=C)C)[C@]1(C)CCC(=O)OC. The molecule has 0 aromatic heterocycles. The van der Waals surface area contributed by atoms with Crippen LogP contribution < -0.4 is 0 Å². The first-order valence-electron chi connectivity index (χ1n) is 13.4. The maximum Gasteiger partial charge on any atom is 0.305 e. The quantitative estimate of drug-likeness (QED) is 0.285. The predicted octanol–water partition coefficient (Wildman–Crippen LogP) is 7.19. The van der Waals surface area contributed by atoms with E-state index < -0.39 is 0 Å². The molecular formula is C31H46O4. The number of rotatable bonds is 7. The van der Waals surface area contributed by atoms with Gasteiger partial charge in [-0.3, -0.25) is 14.4 Å². The van der Waals surface area contributed by atoms with E-state index in [1.54, 1.807) is 0 Å². The van der Waals surface area contributed by atoms with Crippen LogP contribution in [0.5, 0.6) is 0 Å². The lowest BCUT2D eigenvalue weighted by atomic mass is 9.46. The number of carbonyl (C=O) groups excluding carboxylic acids is 3. The number of hydrogen-bond acceptors (Lipinski definition) is 4. The Morgan fingerprint density at radius 1 is 1.14 bits per heavy atom. The van der Waals surface area contributed by atoms with Crippen LogP contribution in [0.3, 0.4) is 0 Å². The molecule has 0 heterocycles. The Kier molecular flexibility index (Phi) is 7.75. The highest BCUT2D eigenvalue weighted by atomic mass is 16.5. The van der Waals surface area contributed by atoms with Gasteiger partial charge in [0.1, 0.15) is 5.78 Å². The monoisotopic (exact) mass is 482 g/mol. The molecule has 3 aliphatic carbocycles. The highest BCUT2D eigenvalue weighted by molar-refractivity contribution is 5.97. The molecule has 3 aliphatic rings. The fourth-order valence-corrected chi connectivity index (χ4v) is 8.15. The van der Waals surface area contributed by atoms with E-state index in [1.807, 2.05) is 13.8 Å².